The van der Waals surface area contributed by atoms with Gasteiger partial charge in [0.25, 0.3) is 0 Å². The van der Waals surface area contributed by atoms with E-state index in [9.17, 15) is 9.90 Å². The van der Waals surface area contributed by atoms with Gasteiger partial charge in [0, 0.05) is 5.56 Å². The van der Waals surface area contributed by atoms with E-state index in [1.54, 1.807) is 0 Å². The van der Waals surface area contributed by atoms with Gasteiger partial charge in [-0.2, -0.15) is 0 Å². The summed E-state index contributed by atoms with van der Waals surface area (Å²) in [7, 11) is 0. The van der Waals surface area contributed by atoms with Crippen LogP contribution < -0.4 is 5.43 Å². The second-order valence-electron chi connectivity index (χ2n) is 3.22. The van der Waals surface area contributed by atoms with Crippen molar-refractivity contribution >= 4 is 0 Å². The van der Waals surface area contributed by atoms with Crippen LogP contribution in [0.3, 0.4) is 0 Å². The van der Waals surface area contributed by atoms with Gasteiger partial charge in [0.2, 0.25) is 5.43 Å². The van der Waals surface area contributed by atoms with Crippen LogP contribution in [-0.2, 0) is 0 Å². The minimum absolute atomic E-state index is 0.0346. The van der Waals surface area contributed by atoms with Crippen LogP contribution in [0.2, 0.25) is 0 Å². The first-order valence-electron chi connectivity index (χ1n) is 4.08. The molecule has 2 N–H and O–H groups in total. The molecule has 0 fully saturated rings. The largest absolute Gasteiger partial charge is 0.508 e. The summed E-state index contributed by atoms with van der Waals surface area (Å²) < 4.78 is 0. The number of rotatable bonds is 1. The molecule has 13 heavy (non-hydrogen) atoms. The van der Waals surface area contributed by atoms with Crippen LogP contribution in [0.1, 0.15) is 25.3 Å². The van der Waals surface area contributed by atoms with E-state index >= 15 is 0 Å². The van der Waals surface area contributed by atoms with Gasteiger partial charge in [0.05, 0.1) is 0 Å². The van der Waals surface area contributed by atoms with Crippen LogP contribution in [0.25, 0.3) is 0 Å². The smallest absolute Gasteiger partial charge is 0.220 e. The van der Waals surface area contributed by atoms with Gasteiger partial charge in [0.15, 0.2) is 5.75 Å². The van der Waals surface area contributed by atoms with Crippen LogP contribution in [0, 0.1) is 0 Å². The Morgan fingerprint density at radius 3 is 2.23 bits per heavy atom. The molecule has 1 rings (SSSR count). The van der Waals surface area contributed by atoms with E-state index in [0.29, 0.717) is 5.56 Å². The molecule has 0 bridgehead atoms. The first-order valence-corrected chi connectivity index (χ1v) is 4.08. The lowest BCUT2D eigenvalue weighted by Gasteiger charge is -2.02. The van der Waals surface area contributed by atoms with Gasteiger partial charge >= 0.3 is 0 Å². The normalized spacial score (nSPS) is 10.4. The molecule has 0 aromatic heterocycles. The second-order valence-corrected chi connectivity index (χ2v) is 3.22. The van der Waals surface area contributed by atoms with Gasteiger partial charge < -0.3 is 10.2 Å². The second kappa shape index (κ2) is 3.47. The van der Waals surface area contributed by atoms with Crippen molar-refractivity contribution in [1.82, 2.24) is 0 Å². The van der Waals surface area contributed by atoms with E-state index in [2.05, 4.69) is 0 Å². The summed E-state index contributed by atoms with van der Waals surface area (Å²) in [6.45, 7) is 3.73. The van der Waals surface area contributed by atoms with E-state index in [4.69, 9.17) is 5.11 Å². The van der Waals surface area contributed by atoms with Gasteiger partial charge in [-0.1, -0.05) is 13.8 Å². The summed E-state index contributed by atoms with van der Waals surface area (Å²) in [5, 5.41) is 18.5. The Balaban J connectivity index is 3.48. The van der Waals surface area contributed by atoms with Crippen molar-refractivity contribution in [2.75, 3.05) is 0 Å². The topological polar surface area (TPSA) is 57.5 Å². The average Bonchev–Trinajstić information content (AvgIpc) is 2.18. The Bertz CT molecular complexity index is 369. The Kier molecular flexibility index (Phi) is 2.56. The fourth-order valence-corrected chi connectivity index (χ4v) is 1.09. The molecule has 0 radical (unpaired) electrons. The number of aromatic hydroxyl groups is 2. The molecule has 1 aromatic carbocycles. The van der Waals surface area contributed by atoms with E-state index in [0.717, 1.165) is 0 Å². The van der Waals surface area contributed by atoms with Crippen LogP contribution >= 0.6 is 0 Å². The van der Waals surface area contributed by atoms with Crippen LogP contribution in [0.5, 0.6) is 11.5 Å². The van der Waals surface area contributed by atoms with E-state index in [-0.39, 0.29) is 17.4 Å². The molecule has 1 aromatic rings. The first kappa shape index (κ1) is 9.58. The lowest BCUT2D eigenvalue weighted by Crippen LogP contribution is -1.96. The summed E-state index contributed by atoms with van der Waals surface area (Å²) in [5.41, 5.74) is 0.0781. The van der Waals surface area contributed by atoms with Crippen molar-refractivity contribution in [2.24, 2.45) is 0 Å². The highest BCUT2D eigenvalue weighted by Gasteiger charge is 2.06. The summed E-state index contributed by atoms with van der Waals surface area (Å²) in [5.74, 6) is -0.255. The van der Waals surface area contributed by atoms with E-state index < -0.39 is 5.43 Å². The quantitative estimate of drug-likeness (QED) is 0.689. The highest BCUT2D eigenvalue weighted by Crippen LogP contribution is 2.23. The maximum absolute atomic E-state index is 11.1. The van der Waals surface area contributed by atoms with Crippen LogP contribution in [-0.4, -0.2) is 10.2 Å². The zero-order valence-electron chi connectivity index (χ0n) is 7.61. The van der Waals surface area contributed by atoms with E-state index in [1.165, 1.54) is 18.2 Å². The molecule has 3 heteroatoms. The fourth-order valence-electron chi connectivity index (χ4n) is 1.09. The van der Waals surface area contributed by atoms with Crippen molar-refractivity contribution < 1.29 is 10.2 Å². The zero-order valence-corrected chi connectivity index (χ0v) is 7.61. The molecule has 0 aliphatic carbocycles. The van der Waals surface area contributed by atoms with Crippen LogP contribution in [0.15, 0.2) is 23.0 Å². The Labute approximate surface area is 76.3 Å². The molecule has 0 spiro atoms. The minimum atomic E-state index is -0.469. The van der Waals surface area contributed by atoms with Gasteiger partial charge in [0.1, 0.15) is 5.75 Å². The fraction of sp³-hybridized carbons (Fsp3) is 0.300. The highest BCUT2D eigenvalue weighted by atomic mass is 16.3. The number of hydrogen-bond donors (Lipinski definition) is 2. The summed E-state index contributed by atoms with van der Waals surface area (Å²) >= 11 is 0. The van der Waals surface area contributed by atoms with Crippen molar-refractivity contribution in [3.8, 4) is 11.5 Å². The SMILES string of the molecule is CC(C)c1cc(=O)c(O)ccc1O. The third kappa shape index (κ3) is 1.99. The number of hydrogen-bond acceptors (Lipinski definition) is 3. The first-order chi connectivity index (χ1) is 6.02. The zero-order chi connectivity index (χ0) is 10.0. The molecule has 0 unspecified atom stereocenters. The standard InChI is InChI=1S/C10H12O3/c1-6(2)7-5-10(13)9(12)4-3-8(7)11/h3-6,11H,1-2H3,(H,12,13). The maximum atomic E-state index is 11.1. The third-order valence-electron chi connectivity index (χ3n) is 1.86. The van der Waals surface area contributed by atoms with Crippen molar-refractivity contribution in [1.29, 1.82) is 0 Å². The molecule has 0 amide bonds. The lowest BCUT2D eigenvalue weighted by atomic mass is 10.0. The molecular formula is C10H12O3. The molecule has 0 heterocycles. The maximum Gasteiger partial charge on any atom is 0.220 e. The molecule has 0 aliphatic heterocycles. The minimum Gasteiger partial charge on any atom is -0.508 e. The van der Waals surface area contributed by atoms with Gasteiger partial charge in [-0.05, 0) is 24.1 Å². The Hall–Kier alpha value is -1.51. The lowest BCUT2D eigenvalue weighted by molar-refractivity contribution is 0.463. The average molecular weight is 180 g/mol. The summed E-state index contributed by atoms with van der Waals surface area (Å²) in [6, 6.07) is 3.78. The van der Waals surface area contributed by atoms with Gasteiger partial charge in [-0.15, -0.1) is 0 Å². The summed E-state index contributed by atoms with van der Waals surface area (Å²) in [6.07, 6.45) is 0. The van der Waals surface area contributed by atoms with Gasteiger partial charge in [-0.25, -0.2) is 0 Å². The molecule has 0 aliphatic rings. The Morgan fingerprint density at radius 2 is 1.69 bits per heavy atom. The molecule has 0 atom stereocenters. The van der Waals surface area contributed by atoms with Crippen molar-refractivity contribution in [3.63, 3.8) is 0 Å². The van der Waals surface area contributed by atoms with Crippen LogP contribution in [0.4, 0.5) is 0 Å². The highest BCUT2D eigenvalue weighted by molar-refractivity contribution is 5.36. The predicted molar refractivity (Wildman–Crippen MR) is 50.1 cm³/mol. The Morgan fingerprint density at radius 1 is 1.15 bits per heavy atom. The third-order valence-corrected chi connectivity index (χ3v) is 1.86. The van der Waals surface area contributed by atoms with E-state index in [1.807, 2.05) is 13.8 Å². The monoisotopic (exact) mass is 180 g/mol. The summed E-state index contributed by atoms with van der Waals surface area (Å²) in [4.78, 5) is 11.1. The molecular weight excluding hydrogens is 168 g/mol. The predicted octanol–water partition coefficient (Wildman–Crippen LogP) is 1.58. The van der Waals surface area contributed by atoms with Crippen molar-refractivity contribution in [2.45, 2.75) is 19.8 Å². The molecule has 3 nitrogen and oxygen atoms in total. The molecule has 0 saturated carbocycles. The molecule has 0 saturated heterocycles. The van der Waals surface area contributed by atoms with Crippen molar-refractivity contribution in [3.05, 3.63) is 34.0 Å². The van der Waals surface area contributed by atoms with Gasteiger partial charge in [-0.3, -0.25) is 4.79 Å². The molecule has 70 valence electrons.